The molecule has 0 bridgehead atoms. The van der Waals surface area contributed by atoms with E-state index in [1.165, 1.54) is 0 Å². The molecule has 0 fully saturated rings. The Balaban J connectivity index is 0. The molecule has 0 aromatic rings. The fourth-order valence-electron chi connectivity index (χ4n) is 0. The second-order valence-corrected chi connectivity index (χ2v) is 1.38. The first-order valence-electron chi connectivity index (χ1n) is 1.72. The summed E-state index contributed by atoms with van der Waals surface area (Å²) in [6.45, 7) is 3.71. The maximum absolute atomic E-state index is 9.50. The zero-order valence-electron chi connectivity index (χ0n) is 4.14. The normalized spacial score (nSPS) is 7.17. The Kier molecular flexibility index (Phi) is 9.54. The van der Waals surface area contributed by atoms with Crippen LogP contribution in [0.5, 0.6) is 0 Å². The maximum atomic E-state index is 9.50. The first kappa shape index (κ1) is 9.91. The monoisotopic (exact) mass is 161 g/mol. The van der Waals surface area contributed by atoms with Gasteiger partial charge in [-0.15, -0.1) is 0 Å². The van der Waals surface area contributed by atoms with Gasteiger partial charge in [-0.05, 0) is 0 Å². The Morgan fingerprint density at radius 1 is 1.50 bits per heavy atom. The maximum Gasteiger partial charge on any atom is 0.122 e. The van der Waals surface area contributed by atoms with Crippen molar-refractivity contribution in [2.75, 3.05) is 0 Å². The minimum absolute atomic E-state index is 0. The Morgan fingerprint density at radius 2 is 1.67 bits per heavy atom. The molecule has 0 amide bonds. The molecule has 0 aromatic heterocycles. The van der Waals surface area contributed by atoms with E-state index in [9.17, 15) is 4.79 Å². The average molecular weight is 161 g/mol. The van der Waals surface area contributed by atoms with Gasteiger partial charge >= 0.3 is 0 Å². The second kappa shape index (κ2) is 5.77. The molecule has 0 heterocycles. The van der Waals surface area contributed by atoms with Crippen LogP contribution < -0.4 is 0 Å². The Hall–Kier alpha value is 0.774. The van der Waals surface area contributed by atoms with Gasteiger partial charge in [0, 0.05) is 38.6 Å². The molecule has 0 aliphatic rings. The number of aldehydes is 1. The third-order valence-corrected chi connectivity index (χ3v) is 0.272. The summed E-state index contributed by atoms with van der Waals surface area (Å²) >= 11 is 0. The molecule has 2 heteroatoms. The quantitative estimate of drug-likeness (QED) is 0.520. The summed E-state index contributed by atoms with van der Waals surface area (Å²) in [5.74, 6) is 0.204. The van der Waals surface area contributed by atoms with Gasteiger partial charge in [0.25, 0.3) is 0 Å². The summed E-state index contributed by atoms with van der Waals surface area (Å²) < 4.78 is 0. The van der Waals surface area contributed by atoms with Crippen molar-refractivity contribution in [3.8, 4) is 0 Å². The van der Waals surface area contributed by atoms with Gasteiger partial charge in [-0.3, -0.25) is 0 Å². The smallest absolute Gasteiger partial charge is 0.122 e. The third kappa shape index (κ3) is 8.84. The molecule has 0 aliphatic heterocycles. The zero-order valence-corrected chi connectivity index (χ0v) is 6.98. The summed E-state index contributed by atoms with van der Waals surface area (Å²) in [6.07, 6.45) is 0.917. The number of carbonyl (C=O) groups is 1. The van der Waals surface area contributed by atoms with E-state index in [0.717, 1.165) is 6.29 Å². The molecule has 33 valence electrons. The van der Waals surface area contributed by atoms with Crippen LogP contribution in [0.15, 0.2) is 0 Å². The van der Waals surface area contributed by atoms with E-state index in [1.807, 2.05) is 13.8 Å². The van der Waals surface area contributed by atoms with Gasteiger partial charge < -0.3 is 4.79 Å². The minimum Gasteiger partial charge on any atom is -0.303 e. The molecule has 0 spiro atoms. The fraction of sp³-hybridized carbons (Fsp3) is 0.750. The van der Waals surface area contributed by atoms with Gasteiger partial charge in [-0.1, -0.05) is 13.8 Å². The number of carbonyl (C=O) groups excluding carboxylic acids is 1. The van der Waals surface area contributed by atoms with Crippen molar-refractivity contribution < 1.29 is 37.5 Å². The third-order valence-electron chi connectivity index (χ3n) is 0.272. The van der Waals surface area contributed by atoms with Crippen molar-refractivity contribution in [2.45, 2.75) is 13.8 Å². The van der Waals surface area contributed by atoms with Gasteiger partial charge in [-0.2, -0.15) is 0 Å². The predicted octanol–water partition coefficient (Wildman–Crippen LogP) is 0.839. The standard InChI is InChI=1S/C4H8O.Y/c1-4(2)3-5;/h3-4H,1-2H3;. The largest absolute Gasteiger partial charge is 0.303 e. The Labute approximate surface area is 63.4 Å². The molecule has 0 N–H and O–H groups in total. The summed E-state index contributed by atoms with van der Waals surface area (Å²) in [7, 11) is 0. The zero-order chi connectivity index (χ0) is 4.28. The van der Waals surface area contributed by atoms with E-state index in [4.69, 9.17) is 0 Å². The van der Waals surface area contributed by atoms with Crippen LogP contribution >= 0.6 is 0 Å². The van der Waals surface area contributed by atoms with Gasteiger partial charge in [-0.25, -0.2) is 0 Å². The molecule has 0 atom stereocenters. The summed E-state index contributed by atoms with van der Waals surface area (Å²) in [4.78, 5) is 9.50. The first-order valence-corrected chi connectivity index (χ1v) is 1.72. The van der Waals surface area contributed by atoms with Crippen LogP contribution in [0.4, 0.5) is 0 Å². The number of rotatable bonds is 1. The van der Waals surface area contributed by atoms with Crippen molar-refractivity contribution in [3.05, 3.63) is 0 Å². The number of hydrogen-bond acceptors (Lipinski definition) is 1. The summed E-state index contributed by atoms with van der Waals surface area (Å²) in [6, 6.07) is 0. The molecule has 1 radical (unpaired) electrons. The van der Waals surface area contributed by atoms with Crippen LogP contribution in [-0.4, -0.2) is 6.29 Å². The molecule has 0 aromatic carbocycles. The van der Waals surface area contributed by atoms with Crippen molar-refractivity contribution in [3.63, 3.8) is 0 Å². The average Bonchev–Trinajstić information content (AvgIpc) is 1.38. The molecule has 0 saturated heterocycles. The molecular weight excluding hydrogens is 153 g/mol. The predicted molar refractivity (Wildman–Crippen MR) is 20.9 cm³/mol. The minimum atomic E-state index is 0. The van der Waals surface area contributed by atoms with Crippen molar-refractivity contribution in [2.24, 2.45) is 5.92 Å². The Morgan fingerprint density at radius 3 is 1.67 bits per heavy atom. The van der Waals surface area contributed by atoms with Crippen molar-refractivity contribution in [1.29, 1.82) is 0 Å². The number of hydrogen-bond donors (Lipinski definition) is 0. The summed E-state index contributed by atoms with van der Waals surface area (Å²) in [5.41, 5.74) is 0. The van der Waals surface area contributed by atoms with Crippen LogP contribution in [0.2, 0.25) is 0 Å². The molecule has 0 saturated carbocycles. The van der Waals surface area contributed by atoms with E-state index in [1.54, 1.807) is 0 Å². The van der Waals surface area contributed by atoms with Crippen LogP contribution in [0.25, 0.3) is 0 Å². The second-order valence-electron chi connectivity index (χ2n) is 1.38. The van der Waals surface area contributed by atoms with Crippen LogP contribution in [0.3, 0.4) is 0 Å². The van der Waals surface area contributed by atoms with Gasteiger partial charge in [0.2, 0.25) is 0 Å². The van der Waals surface area contributed by atoms with Gasteiger partial charge in [0.05, 0.1) is 0 Å². The molecule has 0 unspecified atom stereocenters. The van der Waals surface area contributed by atoms with Crippen LogP contribution in [0.1, 0.15) is 13.8 Å². The SMILES string of the molecule is CC(C)C=O.[Y]. The Bertz CT molecular complexity index is 34.5. The molecule has 0 rings (SSSR count). The van der Waals surface area contributed by atoms with Gasteiger partial charge in [0.15, 0.2) is 0 Å². The van der Waals surface area contributed by atoms with E-state index in [0.29, 0.717) is 0 Å². The fourth-order valence-corrected chi connectivity index (χ4v) is 0. The molecule has 1 nitrogen and oxygen atoms in total. The van der Waals surface area contributed by atoms with Gasteiger partial charge in [0.1, 0.15) is 6.29 Å². The topological polar surface area (TPSA) is 17.1 Å². The summed E-state index contributed by atoms with van der Waals surface area (Å²) in [5, 5.41) is 0. The van der Waals surface area contributed by atoms with Crippen LogP contribution in [0, 0.1) is 5.92 Å². The molecule has 0 aliphatic carbocycles. The van der Waals surface area contributed by atoms with Crippen molar-refractivity contribution >= 4 is 6.29 Å². The van der Waals surface area contributed by atoms with E-state index >= 15 is 0 Å². The van der Waals surface area contributed by atoms with E-state index in [-0.39, 0.29) is 38.6 Å². The van der Waals surface area contributed by atoms with E-state index < -0.39 is 0 Å². The van der Waals surface area contributed by atoms with Crippen LogP contribution in [-0.2, 0) is 37.5 Å². The van der Waals surface area contributed by atoms with E-state index in [2.05, 4.69) is 0 Å². The van der Waals surface area contributed by atoms with Crippen molar-refractivity contribution in [1.82, 2.24) is 0 Å². The molecule has 6 heavy (non-hydrogen) atoms. The molecular formula is C4H8OY. The first-order chi connectivity index (χ1) is 2.27.